The summed E-state index contributed by atoms with van der Waals surface area (Å²) < 4.78 is 0. The number of rotatable bonds is 5. The summed E-state index contributed by atoms with van der Waals surface area (Å²) in [5.74, 6) is 0. The third-order valence-corrected chi connectivity index (χ3v) is 3.32. The molecule has 0 saturated carbocycles. The molecule has 2 N–H and O–H groups in total. The maximum absolute atomic E-state index is 10.9. The first-order chi connectivity index (χ1) is 9.95. The van der Waals surface area contributed by atoms with E-state index in [0.717, 1.165) is 11.1 Å². The lowest BCUT2D eigenvalue weighted by Crippen LogP contribution is -2.17. The number of nitro groups is 1. The van der Waals surface area contributed by atoms with Crippen LogP contribution in [0.15, 0.2) is 42.5 Å². The van der Waals surface area contributed by atoms with Gasteiger partial charge < -0.3 is 5.73 Å². The Labute approximate surface area is 128 Å². The van der Waals surface area contributed by atoms with Gasteiger partial charge in [0.15, 0.2) is 0 Å². The maximum atomic E-state index is 10.9. The number of halogens is 1. The van der Waals surface area contributed by atoms with Gasteiger partial charge in [-0.25, -0.2) is 0 Å². The fourth-order valence-corrected chi connectivity index (χ4v) is 2.37. The number of anilines is 1. The minimum absolute atomic E-state index is 0.0522. The van der Waals surface area contributed by atoms with Crippen LogP contribution in [0.1, 0.15) is 11.1 Å². The number of nitrogens with two attached hydrogens (primary N) is 1. The average Bonchev–Trinajstić information content (AvgIpc) is 2.40. The molecular weight excluding hydrogens is 290 g/mol. The van der Waals surface area contributed by atoms with Gasteiger partial charge in [-0.3, -0.25) is 15.0 Å². The molecule has 2 aromatic carbocycles. The van der Waals surface area contributed by atoms with Crippen molar-refractivity contribution in [2.75, 3.05) is 12.8 Å². The highest BCUT2D eigenvalue weighted by Crippen LogP contribution is 2.23. The minimum atomic E-state index is -0.462. The average molecular weight is 306 g/mol. The van der Waals surface area contributed by atoms with Gasteiger partial charge in [0.1, 0.15) is 5.69 Å². The SMILES string of the molecule is CN(Cc1cccc(Cl)c1)Cc1ccc(N)c([N+](=O)[O-])c1. The lowest BCUT2D eigenvalue weighted by molar-refractivity contribution is -0.384. The molecule has 6 heteroatoms. The Hall–Kier alpha value is -2.11. The van der Waals surface area contributed by atoms with E-state index < -0.39 is 4.92 Å². The first kappa shape index (κ1) is 15.3. The largest absolute Gasteiger partial charge is 0.393 e. The van der Waals surface area contributed by atoms with Gasteiger partial charge in [-0.1, -0.05) is 29.8 Å². The minimum Gasteiger partial charge on any atom is -0.393 e. The van der Waals surface area contributed by atoms with E-state index in [1.807, 2.05) is 31.3 Å². The fourth-order valence-electron chi connectivity index (χ4n) is 2.16. The standard InChI is InChI=1S/C15H16ClN3O2/c1-18(9-11-3-2-4-13(16)7-11)10-12-5-6-14(17)15(8-12)19(20)21/h2-8H,9-10,17H2,1H3. The predicted octanol–water partition coefficient (Wildman–Crippen LogP) is 3.46. The Bertz CT molecular complexity index is 661. The van der Waals surface area contributed by atoms with Gasteiger partial charge in [-0.2, -0.15) is 0 Å². The molecule has 21 heavy (non-hydrogen) atoms. The zero-order valence-corrected chi connectivity index (χ0v) is 12.4. The third kappa shape index (κ3) is 4.18. The van der Waals surface area contributed by atoms with E-state index in [0.29, 0.717) is 18.1 Å². The molecular formula is C15H16ClN3O2. The van der Waals surface area contributed by atoms with Gasteiger partial charge in [0, 0.05) is 24.2 Å². The lowest BCUT2D eigenvalue weighted by atomic mass is 10.1. The first-order valence-corrected chi connectivity index (χ1v) is 6.79. The van der Waals surface area contributed by atoms with Crippen LogP contribution >= 0.6 is 11.6 Å². The second-order valence-corrected chi connectivity index (χ2v) is 5.39. The molecule has 0 heterocycles. The molecule has 0 bridgehead atoms. The molecule has 0 amide bonds. The van der Waals surface area contributed by atoms with Crippen molar-refractivity contribution in [3.05, 3.63) is 68.7 Å². The van der Waals surface area contributed by atoms with Gasteiger partial charge in [-0.15, -0.1) is 0 Å². The van der Waals surface area contributed by atoms with E-state index in [2.05, 4.69) is 4.90 Å². The Kier molecular flexibility index (Phi) is 4.77. The van der Waals surface area contributed by atoms with Crippen molar-refractivity contribution in [2.45, 2.75) is 13.1 Å². The van der Waals surface area contributed by atoms with Crippen molar-refractivity contribution in [1.29, 1.82) is 0 Å². The summed E-state index contributed by atoms with van der Waals surface area (Å²) in [5.41, 5.74) is 7.66. The highest BCUT2D eigenvalue weighted by atomic mass is 35.5. The molecule has 0 aromatic heterocycles. The molecule has 0 aliphatic carbocycles. The van der Waals surface area contributed by atoms with E-state index in [-0.39, 0.29) is 11.4 Å². The summed E-state index contributed by atoms with van der Waals surface area (Å²) in [4.78, 5) is 12.5. The second kappa shape index (κ2) is 6.56. The van der Waals surface area contributed by atoms with Crippen molar-refractivity contribution in [2.24, 2.45) is 0 Å². The van der Waals surface area contributed by atoms with Gasteiger partial charge in [0.2, 0.25) is 0 Å². The third-order valence-electron chi connectivity index (χ3n) is 3.09. The summed E-state index contributed by atoms with van der Waals surface area (Å²) in [5, 5.41) is 11.6. The second-order valence-electron chi connectivity index (χ2n) is 4.95. The van der Waals surface area contributed by atoms with Gasteiger partial charge in [0.05, 0.1) is 4.92 Å². The van der Waals surface area contributed by atoms with E-state index in [1.54, 1.807) is 12.1 Å². The zero-order valence-electron chi connectivity index (χ0n) is 11.6. The molecule has 0 atom stereocenters. The molecule has 0 aliphatic rings. The van der Waals surface area contributed by atoms with Crippen molar-refractivity contribution in [3.8, 4) is 0 Å². The summed E-state index contributed by atoms with van der Waals surface area (Å²) in [6.45, 7) is 1.30. The van der Waals surface area contributed by atoms with Crippen LogP contribution in [0, 0.1) is 10.1 Å². The quantitative estimate of drug-likeness (QED) is 0.521. The summed E-state index contributed by atoms with van der Waals surface area (Å²) >= 11 is 5.95. The number of benzene rings is 2. The van der Waals surface area contributed by atoms with Crippen molar-refractivity contribution in [1.82, 2.24) is 4.90 Å². The van der Waals surface area contributed by atoms with E-state index in [1.165, 1.54) is 6.07 Å². The summed E-state index contributed by atoms with van der Waals surface area (Å²) in [6, 6.07) is 12.5. The topological polar surface area (TPSA) is 72.4 Å². The van der Waals surface area contributed by atoms with Gasteiger partial charge >= 0.3 is 0 Å². The molecule has 0 radical (unpaired) electrons. The van der Waals surface area contributed by atoms with E-state index >= 15 is 0 Å². The monoisotopic (exact) mass is 305 g/mol. The molecule has 0 fully saturated rings. The van der Waals surface area contributed by atoms with Crippen LogP contribution in [0.5, 0.6) is 0 Å². The fraction of sp³-hybridized carbons (Fsp3) is 0.200. The smallest absolute Gasteiger partial charge is 0.292 e. The van der Waals surface area contributed by atoms with Crippen molar-refractivity contribution in [3.63, 3.8) is 0 Å². The van der Waals surface area contributed by atoms with Crippen LogP contribution < -0.4 is 5.73 Å². The number of hydrogen-bond acceptors (Lipinski definition) is 4. The molecule has 0 saturated heterocycles. The van der Waals surface area contributed by atoms with Crippen LogP contribution in [0.25, 0.3) is 0 Å². The predicted molar refractivity (Wildman–Crippen MR) is 84.1 cm³/mol. The maximum Gasteiger partial charge on any atom is 0.292 e. The molecule has 2 aromatic rings. The van der Waals surface area contributed by atoms with E-state index in [4.69, 9.17) is 17.3 Å². The van der Waals surface area contributed by atoms with Crippen LogP contribution in [-0.4, -0.2) is 16.9 Å². The number of hydrogen-bond donors (Lipinski definition) is 1. The van der Waals surface area contributed by atoms with Crippen molar-refractivity contribution >= 4 is 23.0 Å². The molecule has 2 rings (SSSR count). The normalized spacial score (nSPS) is 10.8. The highest BCUT2D eigenvalue weighted by Gasteiger charge is 2.12. The van der Waals surface area contributed by atoms with Crippen LogP contribution in [-0.2, 0) is 13.1 Å². The summed E-state index contributed by atoms with van der Waals surface area (Å²) in [6.07, 6.45) is 0. The lowest BCUT2D eigenvalue weighted by Gasteiger charge is -2.17. The van der Waals surface area contributed by atoms with E-state index in [9.17, 15) is 10.1 Å². The first-order valence-electron chi connectivity index (χ1n) is 6.41. The Morgan fingerprint density at radius 2 is 1.86 bits per heavy atom. The van der Waals surface area contributed by atoms with Crippen LogP contribution in [0.4, 0.5) is 11.4 Å². The molecule has 110 valence electrons. The van der Waals surface area contributed by atoms with Gasteiger partial charge in [0.25, 0.3) is 5.69 Å². The molecule has 0 aliphatic heterocycles. The van der Waals surface area contributed by atoms with Crippen LogP contribution in [0.3, 0.4) is 0 Å². The number of nitrogens with zero attached hydrogens (tertiary/aromatic N) is 2. The highest BCUT2D eigenvalue weighted by molar-refractivity contribution is 6.30. The van der Waals surface area contributed by atoms with Gasteiger partial charge in [-0.05, 0) is 36.4 Å². The number of nitro benzene ring substituents is 1. The molecule has 0 spiro atoms. The Morgan fingerprint density at radius 3 is 2.48 bits per heavy atom. The Morgan fingerprint density at radius 1 is 1.19 bits per heavy atom. The Balaban J connectivity index is 2.07. The molecule has 0 unspecified atom stereocenters. The number of nitrogen functional groups attached to an aromatic ring is 1. The van der Waals surface area contributed by atoms with Crippen LogP contribution in [0.2, 0.25) is 5.02 Å². The van der Waals surface area contributed by atoms with Crippen molar-refractivity contribution < 1.29 is 4.92 Å². The molecule has 5 nitrogen and oxygen atoms in total. The summed E-state index contributed by atoms with van der Waals surface area (Å²) in [7, 11) is 1.95. The zero-order chi connectivity index (χ0) is 15.4.